The normalized spacial score (nSPS) is 19.8. The summed E-state index contributed by atoms with van der Waals surface area (Å²) in [6.07, 6.45) is 4.99. The lowest BCUT2D eigenvalue weighted by Gasteiger charge is -2.33. The van der Waals surface area contributed by atoms with E-state index in [1.807, 2.05) is 0 Å². The molecule has 1 saturated heterocycles. The summed E-state index contributed by atoms with van der Waals surface area (Å²) in [5.74, 6) is 0.265. The van der Waals surface area contributed by atoms with Crippen molar-refractivity contribution in [3.63, 3.8) is 0 Å². The van der Waals surface area contributed by atoms with Crippen molar-refractivity contribution in [2.45, 2.75) is 26.2 Å². The van der Waals surface area contributed by atoms with E-state index in [4.69, 9.17) is 10.8 Å². The molecule has 1 aromatic rings. The van der Waals surface area contributed by atoms with Crippen molar-refractivity contribution < 1.29 is 9.90 Å². The van der Waals surface area contributed by atoms with Gasteiger partial charge in [-0.3, -0.25) is 0 Å². The van der Waals surface area contributed by atoms with Gasteiger partial charge in [0.25, 0.3) is 0 Å². The third-order valence-electron chi connectivity index (χ3n) is 3.60. The monoisotopic (exact) mass is 249 g/mol. The van der Waals surface area contributed by atoms with Crippen molar-refractivity contribution in [1.29, 1.82) is 0 Å². The molecule has 1 atom stereocenters. The minimum atomic E-state index is -1.000. The molecule has 2 heterocycles. The van der Waals surface area contributed by atoms with Crippen LogP contribution in [0.3, 0.4) is 0 Å². The van der Waals surface area contributed by atoms with E-state index >= 15 is 0 Å². The Hall–Kier alpha value is -1.78. The van der Waals surface area contributed by atoms with Crippen LogP contribution in [0.2, 0.25) is 0 Å². The van der Waals surface area contributed by atoms with Crippen molar-refractivity contribution in [3.8, 4) is 0 Å². The highest BCUT2D eigenvalue weighted by atomic mass is 16.4. The topological polar surface area (TPSA) is 79.5 Å². The van der Waals surface area contributed by atoms with Crippen molar-refractivity contribution >= 4 is 17.5 Å². The molecule has 98 valence electrons. The lowest BCUT2D eigenvalue weighted by atomic mass is 9.95. The zero-order valence-electron chi connectivity index (χ0n) is 10.6. The Morgan fingerprint density at radius 2 is 2.44 bits per heavy atom. The van der Waals surface area contributed by atoms with E-state index in [0.717, 1.165) is 25.9 Å². The SMILES string of the molecule is CCC1CCCN(c2nccc(C(=O)O)c2N)C1. The summed E-state index contributed by atoms with van der Waals surface area (Å²) < 4.78 is 0. The highest BCUT2D eigenvalue weighted by Crippen LogP contribution is 2.29. The summed E-state index contributed by atoms with van der Waals surface area (Å²) in [5, 5.41) is 9.06. The van der Waals surface area contributed by atoms with E-state index in [0.29, 0.717) is 11.7 Å². The van der Waals surface area contributed by atoms with Crippen molar-refractivity contribution in [1.82, 2.24) is 4.98 Å². The second-order valence-electron chi connectivity index (χ2n) is 4.76. The van der Waals surface area contributed by atoms with Crippen LogP contribution >= 0.6 is 0 Å². The molecule has 1 unspecified atom stereocenters. The minimum absolute atomic E-state index is 0.138. The third kappa shape index (κ3) is 2.39. The van der Waals surface area contributed by atoms with Gasteiger partial charge in [-0.05, 0) is 24.8 Å². The molecule has 0 aromatic carbocycles. The van der Waals surface area contributed by atoms with Gasteiger partial charge in [-0.2, -0.15) is 0 Å². The van der Waals surface area contributed by atoms with Gasteiger partial charge >= 0.3 is 5.97 Å². The molecule has 1 aliphatic rings. The van der Waals surface area contributed by atoms with E-state index in [1.165, 1.54) is 18.7 Å². The van der Waals surface area contributed by atoms with Gasteiger partial charge in [-0.15, -0.1) is 0 Å². The van der Waals surface area contributed by atoms with Crippen LogP contribution in [-0.4, -0.2) is 29.1 Å². The zero-order chi connectivity index (χ0) is 13.1. The molecule has 3 N–H and O–H groups in total. The largest absolute Gasteiger partial charge is 0.478 e. The zero-order valence-corrected chi connectivity index (χ0v) is 10.6. The molecule has 0 radical (unpaired) electrons. The molecule has 2 rings (SSSR count). The standard InChI is InChI=1S/C13H19N3O2/c1-2-9-4-3-7-16(8-9)12-11(14)10(13(17)18)5-6-15-12/h5-6,9H,2-4,7-8,14H2,1H3,(H,17,18). The average molecular weight is 249 g/mol. The Kier molecular flexibility index (Phi) is 3.69. The van der Waals surface area contributed by atoms with Crippen molar-refractivity contribution in [3.05, 3.63) is 17.8 Å². The van der Waals surface area contributed by atoms with Crippen molar-refractivity contribution in [2.24, 2.45) is 5.92 Å². The molecule has 0 spiro atoms. The number of nitrogens with two attached hydrogens (primary N) is 1. The number of aromatic nitrogens is 1. The molecule has 1 fully saturated rings. The Balaban J connectivity index is 2.27. The Morgan fingerprint density at radius 3 is 3.11 bits per heavy atom. The summed E-state index contributed by atoms with van der Waals surface area (Å²) >= 11 is 0. The molecule has 0 saturated carbocycles. The first-order valence-corrected chi connectivity index (χ1v) is 6.36. The number of rotatable bonds is 3. The van der Waals surface area contributed by atoms with Gasteiger partial charge in [0.2, 0.25) is 0 Å². The van der Waals surface area contributed by atoms with Crippen LogP contribution in [0, 0.1) is 5.92 Å². The molecule has 1 aromatic heterocycles. The molecular weight excluding hydrogens is 230 g/mol. The first kappa shape index (κ1) is 12.7. The van der Waals surface area contributed by atoms with Crippen LogP contribution in [0.5, 0.6) is 0 Å². The number of carbonyl (C=O) groups is 1. The molecule has 5 nitrogen and oxygen atoms in total. The fourth-order valence-electron chi connectivity index (χ4n) is 2.49. The molecule has 1 aliphatic heterocycles. The maximum Gasteiger partial charge on any atom is 0.337 e. The van der Waals surface area contributed by atoms with Crippen LogP contribution < -0.4 is 10.6 Å². The summed E-state index contributed by atoms with van der Waals surface area (Å²) in [6.45, 7) is 3.99. The van der Waals surface area contributed by atoms with Gasteiger partial charge in [0, 0.05) is 19.3 Å². The van der Waals surface area contributed by atoms with E-state index in [9.17, 15) is 4.79 Å². The van der Waals surface area contributed by atoms with Crippen LogP contribution in [-0.2, 0) is 0 Å². The summed E-state index contributed by atoms with van der Waals surface area (Å²) in [4.78, 5) is 17.4. The first-order valence-electron chi connectivity index (χ1n) is 6.36. The second kappa shape index (κ2) is 5.25. The van der Waals surface area contributed by atoms with E-state index in [-0.39, 0.29) is 11.3 Å². The van der Waals surface area contributed by atoms with Gasteiger partial charge in [0.1, 0.15) is 0 Å². The molecule has 0 bridgehead atoms. The Bertz CT molecular complexity index is 448. The number of carboxylic acid groups (broad SMARTS) is 1. The minimum Gasteiger partial charge on any atom is -0.478 e. The number of carboxylic acids is 1. The molecular formula is C13H19N3O2. The van der Waals surface area contributed by atoms with Gasteiger partial charge in [0.05, 0.1) is 11.3 Å². The average Bonchev–Trinajstić information content (AvgIpc) is 2.38. The van der Waals surface area contributed by atoms with Gasteiger partial charge in [-0.25, -0.2) is 9.78 Å². The number of piperidine rings is 1. The predicted octanol–water partition coefficient (Wildman–Crippen LogP) is 1.99. The number of pyridine rings is 1. The molecule has 5 heteroatoms. The van der Waals surface area contributed by atoms with E-state index < -0.39 is 5.97 Å². The van der Waals surface area contributed by atoms with Crippen LogP contribution in [0.15, 0.2) is 12.3 Å². The van der Waals surface area contributed by atoms with Gasteiger partial charge in [-0.1, -0.05) is 13.3 Å². The maximum absolute atomic E-state index is 11.1. The van der Waals surface area contributed by atoms with E-state index in [1.54, 1.807) is 0 Å². The number of hydrogen-bond acceptors (Lipinski definition) is 4. The highest BCUT2D eigenvalue weighted by molar-refractivity contribution is 5.96. The second-order valence-corrected chi connectivity index (χ2v) is 4.76. The van der Waals surface area contributed by atoms with Gasteiger partial charge in [0.15, 0.2) is 5.82 Å². The quantitative estimate of drug-likeness (QED) is 0.856. The number of anilines is 2. The highest BCUT2D eigenvalue weighted by Gasteiger charge is 2.23. The predicted molar refractivity (Wildman–Crippen MR) is 70.8 cm³/mol. The smallest absolute Gasteiger partial charge is 0.337 e. The fraction of sp³-hybridized carbons (Fsp3) is 0.538. The number of nitrogens with zero attached hydrogens (tertiary/aromatic N) is 2. The summed E-state index contributed by atoms with van der Waals surface area (Å²) in [5.41, 5.74) is 6.33. The lowest BCUT2D eigenvalue weighted by Crippen LogP contribution is -2.36. The maximum atomic E-state index is 11.1. The van der Waals surface area contributed by atoms with Crippen LogP contribution in [0.25, 0.3) is 0 Å². The van der Waals surface area contributed by atoms with E-state index in [2.05, 4.69) is 16.8 Å². The molecule has 18 heavy (non-hydrogen) atoms. The number of aromatic carboxylic acids is 1. The number of nitrogen functional groups attached to an aromatic ring is 1. The van der Waals surface area contributed by atoms with Crippen LogP contribution in [0.4, 0.5) is 11.5 Å². The molecule has 0 aliphatic carbocycles. The Morgan fingerprint density at radius 1 is 1.67 bits per heavy atom. The fourth-order valence-corrected chi connectivity index (χ4v) is 2.49. The third-order valence-corrected chi connectivity index (χ3v) is 3.60. The summed E-state index contributed by atoms with van der Waals surface area (Å²) in [6, 6.07) is 1.45. The lowest BCUT2D eigenvalue weighted by molar-refractivity contribution is 0.0698. The van der Waals surface area contributed by atoms with Crippen molar-refractivity contribution in [2.75, 3.05) is 23.7 Å². The Labute approximate surface area is 107 Å². The van der Waals surface area contributed by atoms with Crippen LogP contribution in [0.1, 0.15) is 36.5 Å². The summed E-state index contributed by atoms with van der Waals surface area (Å²) in [7, 11) is 0. The molecule has 0 amide bonds. The first-order chi connectivity index (χ1) is 8.63. The number of hydrogen-bond donors (Lipinski definition) is 2. The van der Waals surface area contributed by atoms with Gasteiger partial charge < -0.3 is 15.7 Å².